The zero-order valence-electron chi connectivity index (χ0n) is 9.86. The number of morpholine rings is 1. The predicted octanol–water partition coefficient (Wildman–Crippen LogP) is -1.00. The Balaban J connectivity index is 2.01. The highest BCUT2D eigenvalue weighted by Gasteiger charge is 2.20. The van der Waals surface area contributed by atoms with Crippen LogP contribution in [0.15, 0.2) is 0 Å². The fourth-order valence-electron chi connectivity index (χ4n) is 1.32. The Bertz CT molecular complexity index is 257. The van der Waals surface area contributed by atoms with Gasteiger partial charge in [0.05, 0.1) is 26.1 Å². The average Bonchev–Trinajstić information content (AvgIpc) is 2.38. The number of hydrogen-bond donors (Lipinski definition) is 2. The summed E-state index contributed by atoms with van der Waals surface area (Å²) in [7, 11) is 1.36. The Kier molecular flexibility index (Phi) is 6.99. The van der Waals surface area contributed by atoms with Crippen LogP contribution in [0.2, 0.25) is 0 Å². The molecule has 0 spiro atoms. The molecule has 1 atom stereocenters. The van der Waals surface area contributed by atoms with Gasteiger partial charge in [0.25, 0.3) is 0 Å². The second-order valence-electron chi connectivity index (χ2n) is 3.50. The fourth-order valence-corrected chi connectivity index (χ4v) is 1.99. The number of carbonyl (C=O) groups is 2. The second kappa shape index (κ2) is 8.32. The van der Waals surface area contributed by atoms with Crippen LogP contribution in [0.3, 0.4) is 0 Å². The van der Waals surface area contributed by atoms with E-state index in [0.29, 0.717) is 37.8 Å². The summed E-state index contributed by atoms with van der Waals surface area (Å²) >= 11 is 1.43. The van der Waals surface area contributed by atoms with E-state index in [1.54, 1.807) is 0 Å². The Labute approximate surface area is 105 Å². The van der Waals surface area contributed by atoms with Gasteiger partial charge in [0.1, 0.15) is 6.04 Å². The average molecular weight is 262 g/mol. The minimum absolute atomic E-state index is 0.0524. The summed E-state index contributed by atoms with van der Waals surface area (Å²) in [6.07, 6.45) is 0. The van der Waals surface area contributed by atoms with Gasteiger partial charge in [0.2, 0.25) is 5.91 Å². The van der Waals surface area contributed by atoms with Crippen LogP contribution in [0.5, 0.6) is 0 Å². The van der Waals surface area contributed by atoms with Gasteiger partial charge in [-0.05, 0) is 0 Å². The fraction of sp³-hybridized carbons (Fsp3) is 0.800. The van der Waals surface area contributed by atoms with Crippen LogP contribution in [-0.2, 0) is 19.1 Å². The summed E-state index contributed by atoms with van der Waals surface area (Å²) in [5.41, 5.74) is 0. The number of methoxy groups -OCH3 is 1. The first kappa shape index (κ1) is 14.3. The SMILES string of the molecule is COC(=O)CSCCNC(=O)C1COCCN1. The van der Waals surface area contributed by atoms with Crippen LogP contribution in [0.1, 0.15) is 0 Å². The number of rotatable bonds is 6. The normalized spacial score (nSPS) is 19.7. The maximum absolute atomic E-state index is 11.6. The maximum Gasteiger partial charge on any atom is 0.315 e. The van der Waals surface area contributed by atoms with E-state index in [2.05, 4.69) is 15.4 Å². The quantitative estimate of drug-likeness (QED) is 0.472. The van der Waals surface area contributed by atoms with Crippen molar-refractivity contribution in [2.75, 3.05) is 44.9 Å². The first-order valence-corrected chi connectivity index (χ1v) is 6.63. The summed E-state index contributed by atoms with van der Waals surface area (Å²) < 4.78 is 9.69. The van der Waals surface area contributed by atoms with E-state index in [9.17, 15) is 9.59 Å². The molecule has 0 aromatic heterocycles. The van der Waals surface area contributed by atoms with Crippen molar-refractivity contribution in [1.29, 1.82) is 0 Å². The zero-order valence-corrected chi connectivity index (χ0v) is 10.7. The molecule has 1 aliphatic rings. The molecule has 1 aliphatic heterocycles. The molecule has 1 amide bonds. The van der Waals surface area contributed by atoms with Crippen molar-refractivity contribution in [2.45, 2.75) is 6.04 Å². The van der Waals surface area contributed by atoms with Crippen molar-refractivity contribution >= 4 is 23.6 Å². The van der Waals surface area contributed by atoms with Crippen molar-refractivity contribution in [3.63, 3.8) is 0 Å². The van der Waals surface area contributed by atoms with Crippen LogP contribution in [0, 0.1) is 0 Å². The Morgan fingerprint density at radius 1 is 1.59 bits per heavy atom. The van der Waals surface area contributed by atoms with E-state index >= 15 is 0 Å². The summed E-state index contributed by atoms with van der Waals surface area (Å²) in [6.45, 7) is 2.31. The molecule has 1 unspecified atom stereocenters. The van der Waals surface area contributed by atoms with Crippen LogP contribution in [0.25, 0.3) is 0 Å². The maximum atomic E-state index is 11.6. The van der Waals surface area contributed by atoms with E-state index in [0.717, 1.165) is 0 Å². The molecule has 0 aromatic carbocycles. The van der Waals surface area contributed by atoms with E-state index in [1.165, 1.54) is 18.9 Å². The highest BCUT2D eigenvalue weighted by molar-refractivity contribution is 7.99. The molecule has 98 valence electrons. The molecule has 17 heavy (non-hydrogen) atoms. The van der Waals surface area contributed by atoms with Crippen LogP contribution >= 0.6 is 11.8 Å². The molecule has 2 N–H and O–H groups in total. The van der Waals surface area contributed by atoms with Crippen molar-refractivity contribution in [3.05, 3.63) is 0 Å². The summed E-state index contributed by atoms with van der Waals surface area (Å²) in [4.78, 5) is 22.4. The largest absolute Gasteiger partial charge is 0.468 e. The standard InChI is InChI=1S/C10H18N2O4S/c1-15-9(13)7-17-5-3-12-10(14)8-6-16-4-2-11-8/h8,11H,2-7H2,1H3,(H,12,14). The lowest BCUT2D eigenvalue weighted by Crippen LogP contribution is -2.51. The zero-order chi connectivity index (χ0) is 12.5. The third kappa shape index (κ3) is 5.90. The van der Waals surface area contributed by atoms with Crippen molar-refractivity contribution in [3.8, 4) is 0 Å². The number of nitrogens with one attached hydrogen (secondary N) is 2. The molecular formula is C10H18N2O4S. The lowest BCUT2D eigenvalue weighted by molar-refractivity contribution is -0.137. The third-order valence-electron chi connectivity index (χ3n) is 2.23. The first-order chi connectivity index (χ1) is 8.24. The summed E-state index contributed by atoms with van der Waals surface area (Å²) in [5.74, 6) is 0.706. The molecule has 1 heterocycles. The van der Waals surface area contributed by atoms with Crippen molar-refractivity contribution < 1.29 is 19.1 Å². The molecule has 1 saturated heterocycles. The Morgan fingerprint density at radius 2 is 2.41 bits per heavy atom. The molecule has 0 aromatic rings. The minimum Gasteiger partial charge on any atom is -0.468 e. The van der Waals surface area contributed by atoms with Gasteiger partial charge in [-0.1, -0.05) is 0 Å². The molecule has 1 fully saturated rings. The topological polar surface area (TPSA) is 76.7 Å². The highest BCUT2D eigenvalue weighted by atomic mass is 32.2. The van der Waals surface area contributed by atoms with Crippen LogP contribution < -0.4 is 10.6 Å². The first-order valence-electron chi connectivity index (χ1n) is 5.47. The van der Waals surface area contributed by atoms with Crippen molar-refractivity contribution in [1.82, 2.24) is 10.6 Å². The van der Waals surface area contributed by atoms with Gasteiger partial charge in [0, 0.05) is 18.8 Å². The van der Waals surface area contributed by atoms with Gasteiger partial charge in [-0.25, -0.2) is 0 Å². The molecule has 6 nitrogen and oxygen atoms in total. The van der Waals surface area contributed by atoms with Gasteiger partial charge in [-0.3, -0.25) is 9.59 Å². The third-order valence-corrected chi connectivity index (χ3v) is 3.16. The van der Waals surface area contributed by atoms with Gasteiger partial charge in [-0.2, -0.15) is 0 Å². The number of thioether (sulfide) groups is 1. The van der Waals surface area contributed by atoms with E-state index in [1.807, 2.05) is 0 Å². The number of amides is 1. The monoisotopic (exact) mass is 262 g/mol. The van der Waals surface area contributed by atoms with Gasteiger partial charge < -0.3 is 20.1 Å². The molecule has 1 rings (SSSR count). The number of carbonyl (C=O) groups excluding carboxylic acids is 2. The lowest BCUT2D eigenvalue weighted by atomic mass is 10.2. The molecule has 0 saturated carbocycles. The summed E-state index contributed by atoms with van der Waals surface area (Å²) in [5, 5.41) is 5.86. The van der Waals surface area contributed by atoms with E-state index in [-0.39, 0.29) is 17.9 Å². The van der Waals surface area contributed by atoms with Gasteiger partial charge in [-0.15, -0.1) is 11.8 Å². The van der Waals surface area contributed by atoms with Gasteiger partial charge >= 0.3 is 5.97 Å². The van der Waals surface area contributed by atoms with Crippen LogP contribution in [-0.4, -0.2) is 62.8 Å². The minimum atomic E-state index is -0.255. The van der Waals surface area contributed by atoms with E-state index in [4.69, 9.17) is 4.74 Å². The molecule has 0 radical (unpaired) electrons. The molecule has 7 heteroatoms. The molecular weight excluding hydrogens is 244 g/mol. The number of esters is 1. The van der Waals surface area contributed by atoms with Gasteiger partial charge in [0.15, 0.2) is 0 Å². The Hall–Kier alpha value is -0.790. The Morgan fingerprint density at radius 3 is 3.06 bits per heavy atom. The smallest absolute Gasteiger partial charge is 0.315 e. The second-order valence-corrected chi connectivity index (χ2v) is 4.61. The number of ether oxygens (including phenoxy) is 2. The predicted molar refractivity (Wildman–Crippen MR) is 65.0 cm³/mol. The summed E-state index contributed by atoms with van der Waals surface area (Å²) in [6, 6.07) is -0.255. The molecule has 0 bridgehead atoms. The lowest BCUT2D eigenvalue weighted by Gasteiger charge is -2.22. The highest BCUT2D eigenvalue weighted by Crippen LogP contribution is 1.99. The van der Waals surface area contributed by atoms with Crippen molar-refractivity contribution in [2.24, 2.45) is 0 Å². The molecule has 0 aliphatic carbocycles. The van der Waals surface area contributed by atoms with Crippen LogP contribution in [0.4, 0.5) is 0 Å². The van der Waals surface area contributed by atoms with E-state index < -0.39 is 0 Å². The number of hydrogen-bond acceptors (Lipinski definition) is 6.